The van der Waals surface area contributed by atoms with Gasteiger partial charge in [-0.2, -0.15) is 0 Å². The third-order valence-corrected chi connectivity index (χ3v) is 5.38. The number of hydrogen-bond donors (Lipinski definition) is 0. The average Bonchev–Trinajstić information content (AvgIpc) is 3.12. The van der Waals surface area contributed by atoms with E-state index in [1.54, 1.807) is 14.0 Å². The molecule has 0 aliphatic carbocycles. The van der Waals surface area contributed by atoms with Crippen LogP contribution in [0.2, 0.25) is 0 Å². The number of nitrogens with zero attached hydrogens (tertiary/aromatic N) is 3. The van der Waals surface area contributed by atoms with Crippen molar-refractivity contribution in [1.29, 1.82) is 0 Å². The molecule has 1 aromatic heterocycles. The van der Waals surface area contributed by atoms with Crippen molar-refractivity contribution in [2.45, 2.75) is 31.2 Å². The molecular weight excluding hydrogens is 374 g/mol. The fourth-order valence-electron chi connectivity index (χ4n) is 2.63. The van der Waals surface area contributed by atoms with E-state index < -0.39 is 0 Å². The SMILES string of the molecule is CCOc1ccc(-n2c(SC(C)C(C)=O)nnc2-c2cccc(OC)c2)cc1. The maximum atomic E-state index is 11.8. The number of aromatic nitrogens is 3. The summed E-state index contributed by atoms with van der Waals surface area (Å²) in [5, 5.41) is 9.20. The van der Waals surface area contributed by atoms with Crippen LogP contribution in [-0.4, -0.2) is 39.5 Å². The van der Waals surface area contributed by atoms with E-state index in [9.17, 15) is 4.79 Å². The molecule has 0 amide bonds. The molecule has 0 radical (unpaired) electrons. The molecule has 1 atom stereocenters. The highest BCUT2D eigenvalue weighted by Gasteiger charge is 2.20. The van der Waals surface area contributed by atoms with Crippen LogP contribution in [0.1, 0.15) is 20.8 Å². The Balaban J connectivity index is 2.09. The van der Waals surface area contributed by atoms with E-state index in [-0.39, 0.29) is 11.0 Å². The summed E-state index contributed by atoms with van der Waals surface area (Å²) in [6.45, 7) is 6.01. The second-order valence-electron chi connectivity index (χ2n) is 6.17. The van der Waals surface area contributed by atoms with E-state index in [1.165, 1.54) is 11.8 Å². The van der Waals surface area contributed by atoms with Crippen LogP contribution in [0.4, 0.5) is 0 Å². The highest BCUT2D eigenvalue weighted by atomic mass is 32.2. The number of methoxy groups -OCH3 is 1. The van der Waals surface area contributed by atoms with Crippen molar-refractivity contribution < 1.29 is 14.3 Å². The molecule has 3 aromatic rings. The summed E-state index contributed by atoms with van der Waals surface area (Å²) in [5.41, 5.74) is 1.77. The van der Waals surface area contributed by atoms with Crippen LogP contribution in [0, 0.1) is 0 Å². The van der Waals surface area contributed by atoms with Gasteiger partial charge in [-0.1, -0.05) is 23.9 Å². The van der Waals surface area contributed by atoms with Gasteiger partial charge in [0.25, 0.3) is 0 Å². The van der Waals surface area contributed by atoms with Crippen LogP contribution >= 0.6 is 11.8 Å². The lowest BCUT2D eigenvalue weighted by molar-refractivity contribution is -0.116. The van der Waals surface area contributed by atoms with Gasteiger partial charge in [0.2, 0.25) is 0 Å². The van der Waals surface area contributed by atoms with Gasteiger partial charge in [0.1, 0.15) is 17.3 Å². The second kappa shape index (κ2) is 8.93. The third kappa shape index (κ3) is 4.36. The lowest BCUT2D eigenvalue weighted by Gasteiger charge is -2.13. The molecule has 0 spiro atoms. The first-order chi connectivity index (χ1) is 13.5. The van der Waals surface area contributed by atoms with Crippen molar-refractivity contribution in [3.63, 3.8) is 0 Å². The van der Waals surface area contributed by atoms with Crippen LogP contribution in [-0.2, 0) is 4.79 Å². The Bertz CT molecular complexity index is 954. The summed E-state index contributed by atoms with van der Waals surface area (Å²) >= 11 is 1.39. The van der Waals surface area contributed by atoms with Crippen molar-refractivity contribution in [2.75, 3.05) is 13.7 Å². The fraction of sp³-hybridized carbons (Fsp3) is 0.286. The number of ketones is 1. The Morgan fingerprint density at radius 2 is 1.89 bits per heavy atom. The fourth-order valence-corrected chi connectivity index (χ4v) is 3.49. The topological polar surface area (TPSA) is 66.2 Å². The number of benzene rings is 2. The molecule has 0 aliphatic rings. The number of ether oxygens (including phenoxy) is 2. The van der Waals surface area contributed by atoms with E-state index in [4.69, 9.17) is 9.47 Å². The van der Waals surface area contributed by atoms with E-state index in [0.717, 1.165) is 22.7 Å². The molecule has 2 aromatic carbocycles. The summed E-state index contributed by atoms with van der Waals surface area (Å²) in [7, 11) is 1.63. The summed E-state index contributed by atoms with van der Waals surface area (Å²) in [6, 6.07) is 15.4. The molecule has 28 heavy (non-hydrogen) atoms. The molecule has 6 nitrogen and oxygen atoms in total. The molecule has 0 saturated heterocycles. The Morgan fingerprint density at radius 1 is 1.14 bits per heavy atom. The molecule has 0 fully saturated rings. The van der Waals surface area contributed by atoms with Crippen molar-refractivity contribution in [2.24, 2.45) is 0 Å². The Hall–Kier alpha value is -2.80. The predicted octanol–water partition coefficient (Wildman–Crippen LogP) is 4.41. The van der Waals surface area contributed by atoms with Crippen LogP contribution in [0.15, 0.2) is 53.7 Å². The molecule has 0 aliphatic heterocycles. The summed E-state index contributed by atoms with van der Waals surface area (Å²) < 4.78 is 12.8. The monoisotopic (exact) mass is 397 g/mol. The highest BCUT2D eigenvalue weighted by molar-refractivity contribution is 8.00. The maximum Gasteiger partial charge on any atom is 0.196 e. The van der Waals surface area contributed by atoms with Crippen molar-refractivity contribution in [3.05, 3.63) is 48.5 Å². The first-order valence-electron chi connectivity index (χ1n) is 9.03. The first kappa shape index (κ1) is 19.9. The number of rotatable bonds is 8. The molecule has 1 unspecified atom stereocenters. The molecule has 0 N–H and O–H groups in total. The molecule has 146 valence electrons. The Kier molecular flexibility index (Phi) is 6.36. The quantitative estimate of drug-likeness (QED) is 0.525. The highest BCUT2D eigenvalue weighted by Crippen LogP contribution is 2.32. The van der Waals surface area contributed by atoms with Crippen LogP contribution in [0.3, 0.4) is 0 Å². The zero-order valence-electron chi connectivity index (χ0n) is 16.4. The molecular formula is C21H23N3O3S. The Morgan fingerprint density at radius 3 is 2.54 bits per heavy atom. The number of thioether (sulfide) groups is 1. The van der Waals surface area contributed by atoms with Gasteiger partial charge in [-0.3, -0.25) is 9.36 Å². The van der Waals surface area contributed by atoms with E-state index in [2.05, 4.69) is 10.2 Å². The second-order valence-corrected chi connectivity index (χ2v) is 7.48. The summed E-state index contributed by atoms with van der Waals surface area (Å²) in [5.74, 6) is 2.31. The van der Waals surface area contributed by atoms with Crippen LogP contribution < -0.4 is 9.47 Å². The minimum absolute atomic E-state index is 0.0918. The molecule has 7 heteroatoms. The average molecular weight is 398 g/mol. The summed E-state index contributed by atoms with van der Waals surface area (Å²) in [4.78, 5) is 11.8. The van der Waals surface area contributed by atoms with Gasteiger partial charge in [-0.25, -0.2) is 0 Å². The van der Waals surface area contributed by atoms with Gasteiger partial charge in [-0.05, 0) is 57.2 Å². The van der Waals surface area contributed by atoms with Gasteiger partial charge in [0, 0.05) is 11.3 Å². The number of carbonyl (C=O) groups excluding carboxylic acids is 1. The first-order valence-corrected chi connectivity index (χ1v) is 9.91. The molecule has 0 bridgehead atoms. The molecule has 3 rings (SSSR count). The van der Waals surface area contributed by atoms with Gasteiger partial charge >= 0.3 is 0 Å². The molecule has 0 saturated carbocycles. The lowest BCUT2D eigenvalue weighted by Crippen LogP contribution is -2.10. The van der Waals surface area contributed by atoms with E-state index in [0.29, 0.717) is 17.6 Å². The van der Waals surface area contributed by atoms with E-state index in [1.807, 2.05) is 66.9 Å². The summed E-state index contributed by atoms with van der Waals surface area (Å²) in [6.07, 6.45) is 0. The van der Waals surface area contributed by atoms with Crippen LogP contribution in [0.5, 0.6) is 11.5 Å². The molecule has 1 heterocycles. The van der Waals surface area contributed by atoms with Crippen molar-refractivity contribution >= 4 is 17.5 Å². The van der Waals surface area contributed by atoms with Gasteiger partial charge in [0.05, 0.1) is 19.0 Å². The van der Waals surface area contributed by atoms with Crippen molar-refractivity contribution in [3.8, 4) is 28.6 Å². The number of hydrogen-bond acceptors (Lipinski definition) is 6. The van der Waals surface area contributed by atoms with Crippen molar-refractivity contribution in [1.82, 2.24) is 14.8 Å². The standard InChI is InChI=1S/C21H23N3O3S/c1-5-27-18-11-9-17(10-12-18)24-20(16-7-6-8-19(13-16)26-4)22-23-21(24)28-15(3)14(2)25/h6-13,15H,5H2,1-4H3. The van der Waals surface area contributed by atoms with Gasteiger partial charge < -0.3 is 9.47 Å². The number of Topliss-reactive ketones (excluding diaryl/α,β-unsaturated/α-hetero) is 1. The lowest BCUT2D eigenvalue weighted by atomic mass is 10.2. The minimum atomic E-state index is -0.219. The minimum Gasteiger partial charge on any atom is -0.497 e. The van der Waals surface area contributed by atoms with E-state index >= 15 is 0 Å². The maximum absolute atomic E-state index is 11.8. The van der Waals surface area contributed by atoms with Gasteiger partial charge in [0.15, 0.2) is 11.0 Å². The predicted molar refractivity (Wildman–Crippen MR) is 111 cm³/mol. The Labute approximate surface area is 168 Å². The smallest absolute Gasteiger partial charge is 0.196 e. The third-order valence-electron chi connectivity index (χ3n) is 4.22. The largest absolute Gasteiger partial charge is 0.497 e. The van der Waals surface area contributed by atoms with Crippen LogP contribution in [0.25, 0.3) is 17.1 Å². The number of carbonyl (C=O) groups is 1. The normalized spacial score (nSPS) is 11.9. The van der Waals surface area contributed by atoms with Gasteiger partial charge in [-0.15, -0.1) is 10.2 Å². The zero-order valence-corrected chi connectivity index (χ0v) is 17.2. The zero-order chi connectivity index (χ0) is 20.1.